The fourth-order valence-corrected chi connectivity index (χ4v) is 4.27. The summed E-state index contributed by atoms with van der Waals surface area (Å²) in [5.41, 5.74) is 0.552. The van der Waals surface area contributed by atoms with Crippen molar-refractivity contribution in [2.45, 2.75) is 31.4 Å². The minimum absolute atomic E-state index is 0.0462. The molecule has 0 aliphatic carbocycles. The topological polar surface area (TPSA) is 89.9 Å². The highest BCUT2D eigenvalue weighted by Gasteiger charge is 2.31. The van der Waals surface area contributed by atoms with Crippen molar-refractivity contribution in [2.24, 2.45) is 0 Å². The molecule has 3 rings (SSSR count). The number of methoxy groups -OCH3 is 2. The number of nitrogens with zero attached hydrogens (tertiary/aromatic N) is 1. The molecular weight excluding hydrogens is 483 g/mol. The lowest BCUT2D eigenvalue weighted by molar-refractivity contribution is -0.115. The summed E-state index contributed by atoms with van der Waals surface area (Å²) in [5, 5.41) is 13.3. The number of aldehydes is 1. The second kappa shape index (κ2) is 11.9. The van der Waals surface area contributed by atoms with Gasteiger partial charge in [0.2, 0.25) is 0 Å². The van der Waals surface area contributed by atoms with E-state index in [2.05, 4.69) is 10.3 Å². The molecule has 0 saturated heterocycles. The van der Waals surface area contributed by atoms with Gasteiger partial charge in [-0.2, -0.15) is 0 Å². The Bertz CT molecular complexity index is 1210. The molecule has 1 aromatic heterocycles. The van der Waals surface area contributed by atoms with E-state index >= 15 is 0 Å². The molecule has 9 heteroatoms. The first-order valence-corrected chi connectivity index (χ1v) is 11.6. The molecule has 0 bridgehead atoms. The van der Waals surface area contributed by atoms with Gasteiger partial charge in [-0.25, -0.2) is 9.37 Å². The van der Waals surface area contributed by atoms with Crippen molar-refractivity contribution >= 4 is 23.5 Å². The molecule has 0 radical (unpaired) electrons. The Balaban J connectivity index is 1.84. The van der Waals surface area contributed by atoms with E-state index in [0.29, 0.717) is 12.0 Å². The molecule has 0 amide bonds. The molecule has 0 aliphatic heterocycles. The van der Waals surface area contributed by atoms with Gasteiger partial charge in [-0.05, 0) is 25.5 Å². The first-order valence-electron chi connectivity index (χ1n) is 11.2. The van der Waals surface area contributed by atoms with Crippen LogP contribution < -0.4 is 14.8 Å². The summed E-state index contributed by atoms with van der Waals surface area (Å²) in [6.07, 6.45) is 1.70. The van der Waals surface area contributed by atoms with Gasteiger partial charge in [-0.3, -0.25) is 0 Å². The number of carbonyl (C=O) groups excluding carboxylic acids is 1. The van der Waals surface area contributed by atoms with Crippen LogP contribution in [0.25, 0.3) is 0 Å². The number of hydrogen-bond donors (Lipinski definition) is 2. The predicted molar refractivity (Wildman–Crippen MR) is 138 cm³/mol. The molecule has 0 saturated carbocycles. The molecule has 3 atom stereocenters. The summed E-state index contributed by atoms with van der Waals surface area (Å²) in [5.74, 6) is -0.338. The quantitative estimate of drug-likeness (QED) is 0.289. The Labute approximate surface area is 215 Å². The lowest BCUT2D eigenvalue weighted by atomic mass is 9.86. The number of ether oxygens (including phenoxy) is 3. The van der Waals surface area contributed by atoms with E-state index in [9.17, 15) is 14.3 Å². The Hall–Kier alpha value is -3.56. The zero-order valence-electron chi connectivity index (χ0n) is 20.5. The Morgan fingerprint density at radius 1 is 1.17 bits per heavy atom. The number of aromatic hydroxyl groups is 1. The van der Waals surface area contributed by atoms with E-state index in [1.54, 1.807) is 13.0 Å². The maximum atomic E-state index is 13.9. The van der Waals surface area contributed by atoms with Gasteiger partial charge >= 0.3 is 0 Å². The molecule has 2 aromatic carbocycles. The number of nitrogens with one attached hydrogen (secondary N) is 1. The highest BCUT2D eigenvalue weighted by atomic mass is 32.1. The number of hydrogen-bond acceptors (Lipinski definition) is 7. The molecular formula is C27H29FN2O5S. The third-order valence-corrected chi connectivity index (χ3v) is 6.08. The van der Waals surface area contributed by atoms with Crippen LogP contribution in [0.5, 0.6) is 17.2 Å². The van der Waals surface area contributed by atoms with Crippen molar-refractivity contribution in [1.82, 2.24) is 10.3 Å². The molecule has 3 aromatic rings. The fourth-order valence-electron chi connectivity index (χ4n) is 3.89. The molecule has 190 valence electrons. The minimum Gasteiger partial charge on any atom is -0.503 e. The van der Waals surface area contributed by atoms with E-state index in [1.807, 2.05) is 37.3 Å². The zero-order valence-corrected chi connectivity index (χ0v) is 21.3. The Kier molecular flexibility index (Phi) is 8.95. The summed E-state index contributed by atoms with van der Waals surface area (Å²) in [6.45, 7) is 3.46. The maximum absolute atomic E-state index is 13.9. The monoisotopic (exact) mass is 512 g/mol. The Morgan fingerprint density at radius 3 is 2.50 bits per heavy atom. The Morgan fingerprint density at radius 2 is 1.86 bits per heavy atom. The first-order chi connectivity index (χ1) is 17.2. The van der Waals surface area contributed by atoms with Crippen LogP contribution in [0.1, 0.15) is 36.6 Å². The first kappa shape index (κ1) is 27.0. The average Bonchev–Trinajstić information content (AvgIpc) is 2.89. The third kappa shape index (κ3) is 6.16. The van der Waals surface area contributed by atoms with Crippen molar-refractivity contribution in [3.05, 3.63) is 83.4 Å². The van der Waals surface area contributed by atoms with Crippen molar-refractivity contribution < 1.29 is 28.5 Å². The zero-order chi connectivity index (χ0) is 26.3. The van der Waals surface area contributed by atoms with Crippen LogP contribution in [0.15, 0.2) is 60.8 Å². The smallest absolute Gasteiger partial charge is 0.187 e. The molecule has 36 heavy (non-hydrogen) atoms. The normalized spacial score (nSPS) is 14.2. The van der Waals surface area contributed by atoms with E-state index < -0.39 is 17.5 Å². The maximum Gasteiger partial charge on any atom is 0.187 e. The van der Waals surface area contributed by atoms with Crippen LogP contribution in [0.4, 0.5) is 4.39 Å². The summed E-state index contributed by atoms with van der Waals surface area (Å²) in [4.78, 5) is 16.3. The van der Waals surface area contributed by atoms with Crippen LogP contribution in [-0.2, 0) is 9.53 Å². The van der Waals surface area contributed by atoms with E-state index in [0.717, 1.165) is 11.1 Å². The van der Waals surface area contributed by atoms with E-state index in [-0.39, 0.29) is 34.7 Å². The standard InChI is InChI=1S/C27H29FN2O5S/c1-17(23(18-8-6-5-7-9-18)20-11-10-19(28)14-22(20)34-4)35-16-27(2,15-31)30-26(36)24-25(32)21(33-3)12-13-29-24/h5-15,17,23,32H,16H2,1-4H3,(H,30,36)/t17-,23-,27-/m0/s1. The predicted octanol–water partition coefficient (Wildman–Crippen LogP) is 4.40. The number of carbonyl (C=O) groups is 1. The lowest BCUT2D eigenvalue weighted by Crippen LogP contribution is -2.51. The third-order valence-electron chi connectivity index (χ3n) is 5.79. The van der Waals surface area contributed by atoms with Gasteiger partial charge in [0.05, 0.1) is 26.9 Å². The minimum atomic E-state index is -1.23. The van der Waals surface area contributed by atoms with E-state index in [4.69, 9.17) is 26.4 Å². The van der Waals surface area contributed by atoms with Crippen molar-refractivity contribution in [2.75, 3.05) is 20.8 Å². The van der Waals surface area contributed by atoms with Crippen LogP contribution in [0.3, 0.4) is 0 Å². The van der Waals surface area contributed by atoms with Crippen molar-refractivity contribution in [3.63, 3.8) is 0 Å². The van der Waals surface area contributed by atoms with Crippen LogP contribution >= 0.6 is 12.2 Å². The van der Waals surface area contributed by atoms with Crippen LogP contribution in [-0.4, -0.2) is 53.8 Å². The summed E-state index contributed by atoms with van der Waals surface area (Å²) < 4.78 is 30.6. The summed E-state index contributed by atoms with van der Waals surface area (Å²) >= 11 is 5.40. The van der Waals surface area contributed by atoms with Gasteiger partial charge in [-0.15, -0.1) is 0 Å². The highest BCUT2D eigenvalue weighted by molar-refractivity contribution is 7.80. The largest absolute Gasteiger partial charge is 0.503 e. The van der Waals surface area contributed by atoms with E-state index in [1.165, 1.54) is 38.6 Å². The van der Waals surface area contributed by atoms with Gasteiger partial charge in [-0.1, -0.05) is 48.6 Å². The van der Waals surface area contributed by atoms with Gasteiger partial charge < -0.3 is 29.4 Å². The number of rotatable bonds is 11. The number of pyridine rings is 1. The van der Waals surface area contributed by atoms with Crippen LogP contribution in [0, 0.1) is 5.82 Å². The number of benzene rings is 2. The van der Waals surface area contributed by atoms with Gasteiger partial charge in [0.1, 0.15) is 34.1 Å². The summed E-state index contributed by atoms with van der Waals surface area (Å²) in [6, 6.07) is 15.5. The number of thiocarbonyl (C=S) groups is 1. The second-order valence-corrected chi connectivity index (χ2v) is 8.90. The highest BCUT2D eigenvalue weighted by Crippen LogP contribution is 2.36. The van der Waals surface area contributed by atoms with Gasteiger partial charge in [0.15, 0.2) is 11.5 Å². The fraction of sp³-hybridized carbons (Fsp3) is 0.296. The summed E-state index contributed by atoms with van der Waals surface area (Å²) in [7, 11) is 2.90. The van der Waals surface area contributed by atoms with Crippen LogP contribution in [0.2, 0.25) is 0 Å². The van der Waals surface area contributed by atoms with Gasteiger partial charge in [0, 0.05) is 29.8 Å². The lowest BCUT2D eigenvalue weighted by Gasteiger charge is -2.31. The number of aromatic nitrogens is 1. The second-order valence-electron chi connectivity index (χ2n) is 8.49. The molecule has 1 heterocycles. The average molecular weight is 513 g/mol. The SMILES string of the molecule is COc1cc(F)ccc1[C@H](c1ccccc1)[C@H](C)OC[C@](C)(C=O)NC(=S)c1nccc(OC)c1O. The van der Waals surface area contributed by atoms with Crippen molar-refractivity contribution in [3.8, 4) is 17.2 Å². The molecule has 0 spiro atoms. The molecule has 2 N–H and O–H groups in total. The molecule has 0 aliphatic rings. The molecule has 0 unspecified atom stereocenters. The van der Waals surface area contributed by atoms with Gasteiger partial charge in [0.25, 0.3) is 0 Å². The molecule has 0 fully saturated rings. The van der Waals surface area contributed by atoms with Crippen molar-refractivity contribution in [1.29, 1.82) is 0 Å². The number of halogens is 1. The molecule has 7 nitrogen and oxygen atoms in total.